The number of aromatic nitrogens is 2. The van der Waals surface area contributed by atoms with E-state index in [1.165, 1.54) is 37.9 Å². The number of nitrogens with zero attached hydrogens (tertiary/aromatic N) is 3. The van der Waals surface area contributed by atoms with Crippen molar-refractivity contribution in [2.45, 2.75) is 82.9 Å². The normalized spacial score (nSPS) is 24.2. The molecule has 0 spiro atoms. The monoisotopic (exact) mass is 435 g/mol. The van der Waals surface area contributed by atoms with E-state index < -0.39 is 0 Å². The molecule has 170 valence electrons. The van der Waals surface area contributed by atoms with Crippen LogP contribution in [0.2, 0.25) is 0 Å². The highest BCUT2D eigenvalue weighted by molar-refractivity contribution is 5.99. The number of carbonyl (C=O) groups excluding carboxylic acids is 1. The molecule has 32 heavy (non-hydrogen) atoms. The molecule has 6 heteroatoms. The molecule has 3 heterocycles. The lowest BCUT2D eigenvalue weighted by Gasteiger charge is -2.38. The number of benzene rings is 1. The number of amides is 1. The van der Waals surface area contributed by atoms with Gasteiger partial charge in [-0.1, -0.05) is 0 Å². The van der Waals surface area contributed by atoms with Crippen LogP contribution in [0.25, 0.3) is 11.1 Å². The molecular formula is C26H35N4O2+. The molecule has 1 aromatic heterocycles. The second-order valence-corrected chi connectivity index (χ2v) is 10.3. The Morgan fingerprint density at radius 2 is 1.91 bits per heavy atom. The Morgan fingerprint density at radius 3 is 2.62 bits per heavy atom. The predicted molar refractivity (Wildman–Crippen MR) is 124 cm³/mol. The number of rotatable bonds is 5. The van der Waals surface area contributed by atoms with E-state index in [0.29, 0.717) is 18.1 Å². The van der Waals surface area contributed by atoms with Gasteiger partial charge in [0.05, 0.1) is 37.1 Å². The van der Waals surface area contributed by atoms with Crippen LogP contribution in [0.3, 0.4) is 0 Å². The van der Waals surface area contributed by atoms with Crippen molar-refractivity contribution in [3.05, 3.63) is 30.1 Å². The van der Waals surface area contributed by atoms with E-state index in [1.54, 1.807) is 0 Å². The van der Waals surface area contributed by atoms with Gasteiger partial charge in [-0.05, 0) is 64.0 Å². The van der Waals surface area contributed by atoms with Gasteiger partial charge in [0.15, 0.2) is 0 Å². The highest BCUT2D eigenvalue weighted by Crippen LogP contribution is 2.46. The summed E-state index contributed by atoms with van der Waals surface area (Å²) in [4.78, 5) is 15.2. The fraction of sp³-hybridized carbons (Fsp3) is 0.615. The maximum Gasteiger partial charge on any atom is 0.230 e. The van der Waals surface area contributed by atoms with Crippen LogP contribution in [-0.2, 0) is 11.2 Å². The summed E-state index contributed by atoms with van der Waals surface area (Å²) < 4.78 is 8.82. The molecule has 2 saturated carbocycles. The van der Waals surface area contributed by atoms with Gasteiger partial charge in [-0.3, -0.25) is 9.48 Å². The van der Waals surface area contributed by atoms with Gasteiger partial charge in [0, 0.05) is 47.7 Å². The second-order valence-electron chi connectivity index (χ2n) is 10.3. The van der Waals surface area contributed by atoms with Gasteiger partial charge in [0.25, 0.3) is 0 Å². The minimum absolute atomic E-state index is 0.227. The van der Waals surface area contributed by atoms with E-state index in [1.807, 2.05) is 6.20 Å². The van der Waals surface area contributed by atoms with Crippen molar-refractivity contribution in [3.63, 3.8) is 0 Å². The van der Waals surface area contributed by atoms with Gasteiger partial charge < -0.3 is 15.0 Å². The highest BCUT2D eigenvalue weighted by Gasteiger charge is 2.39. The molecule has 0 radical (unpaired) electrons. The Hall–Kier alpha value is -2.34. The number of quaternary nitrogens is 1. The van der Waals surface area contributed by atoms with Crippen LogP contribution in [0.5, 0.6) is 5.75 Å². The molecular weight excluding hydrogens is 400 g/mol. The van der Waals surface area contributed by atoms with Gasteiger partial charge in [-0.25, -0.2) is 0 Å². The third kappa shape index (κ3) is 3.62. The minimum Gasteiger partial charge on any atom is -0.489 e. The number of ether oxygens (including phenoxy) is 1. The first-order valence-electron chi connectivity index (χ1n) is 12.7. The molecule has 2 aliphatic carbocycles. The van der Waals surface area contributed by atoms with Crippen molar-refractivity contribution in [1.29, 1.82) is 0 Å². The van der Waals surface area contributed by atoms with Crippen LogP contribution >= 0.6 is 0 Å². The molecule has 2 aliphatic heterocycles. The summed E-state index contributed by atoms with van der Waals surface area (Å²) in [6.45, 7) is 4.55. The summed E-state index contributed by atoms with van der Waals surface area (Å²) in [5, 5.41) is 7.15. The van der Waals surface area contributed by atoms with E-state index in [4.69, 9.17) is 9.84 Å². The molecule has 3 fully saturated rings. The van der Waals surface area contributed by atoms with Crippen LogP contribution in [0.15, 0.2) is 24.5 Å². The summed E-state index contributed by atoms with van der Waals surface area (Å²) in [5.74, 6) is 1.54. The lowest BCUT2D eigenvalue weighted by molar-refractivity contribution is -0.664. The zero-order valence-electron chi connectivity index (χ0n) is 19.1. The first-order chi connectivity index (χ1) is 15.7. The maximum atomic E-state index is 13.1. The number of hydrogen-bond donors (Lipinski definition) is 1. The zero-order valence-corrected chi connectivity index (χ0v) is 19.1. The van der Waals surface area contributed by atoms with Crippen molar-refractivity contribution in [2.75, 3.05) is 18.0 Å². The summed E-state index contributed by atoms with van der Waals surface area (Å²) in [6, 6.07) is 5.09. The van der Waals surface area contributed by atoms with Crippen molar-refractivity contribution >= 4 is 11.6 Å². The van der Waals surface area contributed by atoms with Crippen molar-refractivity contribution in [1.82, 2.24) is 9.78 Å². The third-order valence-corrected chi connectivity index (χ3v) is 7.94. The number of nitrogens with two attached hydrogens (primary N) is 1. The molecule has 1 saturated heterocycles. The van der Waals surface area contributed by atoms with E-state index in [-0.39, 0.29) is 12.0 Å². The Kier molecular flexibility index (Phi) is 5.21. The van der Waals surface area contributed by atoms with Crippen molar-refractivity contribution in [2.24, 2.45) is 5.92 Å². The second kappa shape index (κ2) is 8.22. The SMILES string of the molecule is CC1CCc2c(ccc(-c3cnn(C4CC[NH2+]CC4)c3)c2OC2CCC2)N1C(=O)C1CC1. The number of fused-ring (bicyclic) bond motifs is 1. The minimum atomic E-state index is 0.227. The highest BCUT2D eigenvalue weighted by atomic mass is 16.5. The standard InChI is InChI=1S/C26H34N4O2/c1-17-5-8-23-24(30(17)26(31)18-6-7-18)10-9-22(25(23)32-21-3-2-4-21)19-15-28-29(16-19)20-11-13-27-14-12-20/h9-10,15-18,20-21,27H,2-8,11-14H2,1H3/p+1. The van der Waals surface area contributed by atoms with Gasteiger partial charge in [0.1, 0.15) is 5.75 Å². The van der Waals surface area contributed by atoms with Crippen molar-refractivity contribution in [3.8, 4) is 16.9 Å². The van der Waals surface area contributed by atoms with Gasteiger partial charge in [-0.2, -0.15) is 5.10 Å². The van der Waals surface area contributed by atoms with E-state index in [2.05, 4.69) is 40.2 Å². The zero-order chi connectivity index (χ0) is 21.7. The van der Waals surface area contributed by atoms with Crippen LogP contribution in [0.4, 0.5) is 5.69 Å². The molecule has 1 amide bonds. The first kappa shape index (κ1) is 20.3. The largest absolute Gasteiger partial charge is 0.489 e. The average Bonchev–Trinajstić information content (AvgIpc) is 3.53. The Labute approximate surface area is 190 Å². The average molecular weight is 436 g/mol. The number of carbonyl (C=O) groups is 1. The Bertz CT molecular complexity index is 1000. The van der Waals surface area contributed by atoms with E-state index in [0.717, 1.165) is 61.1 Å². The van der Waals surface area contributed by atoms with Crippen LogP contribution < -0.4 is 15.0 Å². The fourth-order valence-electron chi connectivity index (χ4n) is 5.54. The molecule has 2 aromatic rings. The summed E-state index contributed by atoms with van der Waals surface area (Å²) >= 11 is 0. The molecule has 4 aliphatic rings. The van der Waals surface area contributed by atoms with E-state index in [9.17, 15) is 4.79 Å². The third-order valence-electron chi connectivity index (χ3n) is 7.94. The first-order valence-corrected chi connectivity index (χ1v) is 12.7. The van der Waals surface area contributed by atoms with Crippen LogP contribution in [-0.4, -0.2) is 40.9 Å². The van der Waals surface area contributed by atoms with Gasteiger partial charge in [0.2, 0.25) is 5.91 Å². The van der Waals surface area contributed by atoms with Crippen LogP contribution in [0.1, 0.15) is 69.9 Å². The molecule has 1 atom stereocenters. The molecule has 1 aromatic carbocycles. The summed E-state index contributed by atoms with van der Waals surface area (Å²) in [6.07, 6.45) is 14.4. The van der Waals surface area contributed by atoms with Gasteiger partial charge >= 0.3 is 0 Å². The lowest BCUT2D eigenvalue weighted by atomic mass is 9.91. The summed E-state index contributed by atoms with van der Waals surface area (Å²) in [5.41, 5.74) is 4.57. The number of anilines is 1. The number of piperidine rings is 1. The lowest BCUT2D eigenvalue weighted by Crippen LogP contribution is -2.86. The molecule has 0 bridgehead atoms. The van der Waals surface area contributed by atoms with E-state index >= 15 is 0 Å². The van der Waals surface area contributed by atoms with Crippen molar-refractivity contribution < 1.29 is 14.8 Å². The summed E-state index contributed by atoms with van der Waals surface area (Å²) in [7, 11) is 0. The van der Waals surface area contributed by atoms with Gasteiger partial charge in [-0.15, -0.1) is 0 Å². The predicted octanol–water partition coefficient (Wildman–Crippen LogP) is 3.46. The smallest absolute Gasteiger partial charge is 0.230 e. The molecule has 6 nitrogen and oxygen atoms in total. The molecule has 6 rings (SSSR count). The number of hydrogen-bond acceptors (Lipinski definition) is 3. The molecule has 2 N–H and O–H groups in total. The fourth-order valence-corrected chi connectivity index (χ4v) is 5.54. The Morgan fingerprint density at radius 1 is 1.09 bits per heavy atom. The quantitative estimate of drug-likeness (QED) is 0.782. The Balaban J connectivity index is 1.39. The topological polar surface area (TPSA) is 64.0 Å². The maximum absolute atomic E-state index is 13.1. The van der Waals surface area contributed by atoms with Crippen LogP contribution in [0, 0.1) is 5.92 Å². The molecule has 1 unspecified atom stereocenters.